The molecule has 0 heterocycles. The van der Waals surface area contributed by atoms with Crippen molar-refractivity contribution in [3.05, 3.63) is 65.2 Å². The molecule has 1 atom stereocenters. The summed E-state index contributed by atoms with van der Waals surface area (Å²) in [6.07, 6.45) is 0. The predicted molar refractivity (Wildman–Crippen MR) is 86.0 cm³/mol. The highest BCUT2D eigenvalue weighted by Crippen LogP contribution is 2.24. The van der Waals surface area contributed by atoms with Crippen LogP contribution in [0.15, 0.2) is 48.5 Å². The summed E-state index contributed by atoms with van der Waals surface area (Å²) in [4.78, 5) is 11.2. The largest absolute Gasteiger partial charge is 0.478 e. The van der Waals surface area contributed by atoms with Crippen LogP contribution in [0.3, 0.4) is 0 Å². The van der Waals surface area contributed by atoms with Crippen LogP contribution in [-0.2, 0) is 0 Å². The highest BCUT2D eigenvalue weighted by atomic mass is 16.4. The maximum absolute atomic E-state index is 11.2. The summed E-state index contributed by atoms with van der Waals surface area (Å²) in [5, 5.41) is 12.5. The van der Waals surface area contributed by atoms with E-state index < -0.39 is 5.97 Å². The van der Waals surface area contributed by atoms with Crippen molar-refractivity contribution in [2.45, 2.75) is 32.7 Å². The third kappa shape index (κ3) is 3.63. The summed E-state index contributed by atoms with van der Waals surface area (Å²) in [5.41, 5.74) is 3.38. The van der Waals surface area contributed by atoms with Crippen molar-refractivity contribution in [2.75, 3.05) is 5.32 Å². The Morgan fingerprint density at radius 3 is 2.10 bits per heavy atom. The lowest BCUT2D eigenvalue weighted by Gasteiger charge is -2.18. The average Bonchev–Trinajstić information content (AvgIpc) is 2.47. The molecule has 0 aliphatic heterocycles. The number of aromatic carboxylic acids is 1. The van der Waals surface area contributed by atoms with Crippen molar-refractivity contribution in [2.24, 2.45) is 0 Å². The van der Waals surface area contributed by atoms with Crippen LogP contribution in [0.25, 0.3) is 0 Å². The van der Waals surface area contributed by atoms with Gasteiger partial charge >= 0.3 is 5.97 Å². The van der Waals surface area contributed by atoms with Gasteiger partial charge in [0.15, 0.2) is 0 Å². The van der Waals surface area contributed by atoms with Gasteiger partial charge in [-0.3, -0.25) is 0 Å². The smallest absolute Gasteiger partial charge is 0.337 e. The fraction of sp³-hybridized carbons (Fsp3) is 0.278. The van der Waals surface area contributed by atoms with Crippen LogP contribution < -0.4 is 5.32 Å². The highest BCUT2D eigenvalue weighted by molar-refractivity contribution is 5.94. The fourth-order valence-electron chi connectivity index (χ4n) is 2.28. The van der Waals surface area contributed by atoms with Gasteiger partial charge in [-0.2, -0.15) is 0 Å². The number of benzene rings is 2. The molecule has 0 saturated carbocycles. The van der Waals surface area contributed by atoms with Crippen LogP contribution in [0.1, 0.15) is 54.2 Å². The molecule has 3 nitrogen and oxygen atoms in total. The van der Waals surface area contributed by atoms with E-state index in [4.69, 9.17) is 0 Å². The van der Waals surface area contributed by atoms with Crippen molar-refractivity contribution < 1.29 is 9.90 Å². The average molecular weight is 283 g/mol. The first-order valence-corrected chi connectivity index (χ1v) is 7.17. The topological polar surface area (TPSA) is 49.3 Å². The SMILES string of the molecule is CC(C)c1ccc(C(C)Nc2ccccc2C(=O)O)cc1. The molecule has 2 rings (SSSR count). The molecule has 2 aromatic carbocycles. The zero-order valence-electron chi connectivity index (χ0n) is 12.6. The van der Waals surface area contributed by atoms with Crippen LogP contribution in [0.5, 0.6) is 0 Å². The summed E-state index contributed by atoms with van der Waals surface area (Å²) in [6.45, 7) is 6.36. The molecule has 1 unspecified atom stereocenters. The molecular weight excluding hydrogens is 262 g/mol. The molecule has 2 N–H and O–H groups in total. The van der Waals surface area contributed by atoms with Gasteiger partial charge in [-0.15, -0.1) is 0 Å². The number of rotatable bonds is 5. The number of carboxylic acid groups (broad SMARTS) is 1. The molecule has 0 radical (unpaired) electrons. The Hall–Kier alpha value is -2.29. The zero-order chi connectivity index (χ0) is 15.4. The Labute approximate surface area is 125 Å². The van der Waals surface area contributed by atoms with Crippen LogP contribution >= 0.6 is 0 Å². The normalized spacial score (nSPS) is 12.2. The molecule has 3 heteroatoms. The number of nitrogens with one attached hydrogen (secondary N) is 1. The third-order valence-corrected chi connectivity index (χ3v) is 3.63. The lowest BCUT2D eigenvalue weighted by atomic mass is 9.99. The third-order valence-electron chi connectivity index (χ3n) is 3.63. The van der Waals surface area contributed by atoms with Gasteiger partial charge in [0.05, 0.1) is 5.56 Å². The van der Waals surface area contributed by atoms with E-state index in [1.54, 1.807) is 18.2 Å². The fourth-order valence-corrected chi connectivity index (χ4v) is 2.28. The molecular formula is C18H21NO2. The maximum Gasteiger partial charge on any atom is 0.337 e. The van der Waals surface area contributed by atoms with Crippen molar-refractivity contribution in [1.82, 2.24) is 0 Å². The lowest BCUT2D eigenvalue weighted by molar-refractivity contribution is 0.0698. The number of carboxylic acids is 1. The van der Waals surface area contributed by atoms with Crippen LogP contribution in [-0.4, -0.2) is 11.1 Å². The van der Waals surface area contributed by atoms with Gasteiger partial charge in [-0.05, 0) is 36.1 Å². The second-order valence-electron chi connectivity index (χ2n) is 5.54. The van der Waals surface area contributed by atoms with E-state index in [2.05, 4.69) is 43.4 Å². The van der Waals surface area contributed by atoms with Crippen molar-refractivity contribution in [3.8, 4) is 0 Å². The van der Waals surface area contributed by atoms with E-state index in [0.29, 0.717) is 17.2 Å². The number of para-hydroxylation sites is 1. The quantitative estimate of drug-likeness (QED) is 0.837. The van der Waals surface area contributed by atoms with Gasteiger partial charge < -0.3 is 10.4 Å². The van der Waals surface area contributed by atoms with Gasteiger partial charge in [0.2, 0.25) is 0 Å². The van der Waals surface area contributed by atoms with Crippen LogP contribution in [0.2, 0.25) is 0 Å². The predicted octanol–water partition coefficient (Wildman–Crippen LogP) is 4.68. The first-order chi connectivity index (χ1) is 9.99. The molecule has 0 saturated heterocycles. The minimum Gasteiger partial charge on any atom is -0.478 e. The monoisotopic (exact) mass is 283 g/mol. The van der Waals surface area contributed by atoms with Gasteiger partial charge in [-0.1, -0.05) is 50.2 Å². The molecule has 0 fully saturated rings. The van der Waals surface area contributed by atoms with E-state index in [9.17, 15) is 9.90 Å². The van der Waals surface area contributed by atoms with Gasteiger partial charge in [0.1, 0.15) is 0 Å². The maximum atomic E-state index is 11.2. The molecule has 0 amide bonds. The van der Waals surface area contributed by atoms with E-state index >= 15 is 0 Å². The molecule has 0 bridgehead atoms. The first kappa shape index (κ1) is 15.1. The number of hydrogen-bond donors (Lipinski definition) is 2. The molecule has 0 spiro atoms. The summed E-state index contributed by atoms with van der Waals surface area (Å²) in [6, 6.07) is 15.5. The zero-order valence-corrected chi connectivity index (χ0v) is 12.6. The Bertz CT molecular complexity index is 617. The number of anilines is 1. The molecule has 2 aromatic rings. The number of hydrogen-bond acceptors (Lipinski definition) is 2. The Balaban J connectivity index is 2.18. The van der Waals surface area contributed by atoms with Gasteiger partial charge in [-0.25, -0.2) is 4.79 Å². The molecule has 0 aliphatic carbocycles. The van der Waals surface area contributed by atoms with Gasteiger partial charge in [0, 0.05) is 11.7 Å². The number of carbonyl (C=O) groups is 1. The van der Waals surface area contributed by atoms with Crippen LogP contribution in [0.4, 0.5) is 5.69 Å². The second kappa shape index (κ2) is 6.44. The summed E-state index contributed by atoms with van der Waals surface area (Å²) >= 11 is 0. The van der Waals surface area contributed by atoms with Crippen LogP contribution in [0, 0.1) is 0 Å². The molecule has 0 aromatic heterocycles. The van der Waals surface area contributed by atoms with E-state index in [-0.39, 0.29) is 6.04 Å². The van der Waals surface area contributed by atoms with E-state index in [1.807, 2.05) is 13.0 Å². The summed E-state index contributed by atoms with van der Waals surface area (Å²) in [5.74, 6) is -0.407. The van der Waals surface area contributed by atoms with E-state index in [0.717, 1.165) is 5.56 Å². The van der Waals surface area contributed by atoms with Crippen molar-refractivity contribution in [1.29, 1.82) is 0 Å². The molecule has 21 heavy (non-hydrogen) atoms. The standard InChI is InChI=1S/C18H21NO2/c1-12(2)14-8-10-15(11-9-14)13(3)19-17-7-5-4-6-16(17)18(20)21/h4-13,19H,1-3H3,(H,20,21). The summed E-state index contributed by atoms with van der Waals surface area (Å²) in [7, 11) is 0. The highest BCUT2D eigenvalue weighted by Gasteiger charge is 2.12. The Morgan fingerprint density at radius 1 is 0.952 bits per heavy atom. The molecule has 0 aliphatic rings. The van der Waals surface area contributed by atoms with E-state index in [1.165, 1.54) is 5.56 Å². The lowest BCUT2D eigenvalue weighted by Crippen LogP contribution is -2.10. The summed E-state index contributed by atoms with van der Waals surface area (Å²) < 4.78 is 0. The Morgan fingerprint density at radius 2 is 1.52 bits per heavy atom. The molecule has 110 valence electrons. The van der Waals surface area contributed by atoms with Gasteiger partial charge in [0.25, 0.3) is 0 Å². The Kier molecular flexibility index (Phi) is 4.63. The van der Waals surface area contributed by atoms with Crippen molar-refractivity contribution in [3.63, 3.8) is 0 Å². The second-order valence-corrected chi connectivity index (χ2v) is 5.54. The first-order valence-electron chi connectivity index (χ1n) is 7.17. The minimum atomic E-state index is -0.916. The minimum absolute atomic E-state index is 0.0479. The van der Waals surface area contributed by atoms with Crippen molar-refractivity contribution >= 4 is 11.7 Å².